The molecule has 1 amide bonds. The predicted molar refractivity (Wildman–Crippen MR) is 97.9 cm³/mol. The number of aromatic nitrogens is 4. The minimum atomic E-state index is -0.143. The van der Waals surface area contributed by atoms with Gasteiger partial charge in [-0.3, -0.25) is 19.3 Å². The van der Waals surface area contributed by atoms with Crippen molar-refractivity contribution in [1.29, 1.82) is 0 Å². The zero-order valence-electron chi connectivity index (χ0n) is 15.8. The summed E-state index contributed by atoms with van der Waals surface area (Å²) in [6, 6.07) is 5.50. The second kappa shape index (κ2) is 7.53. The maximum atomic E-state index is 12.5. The highest BCUT2D eigenvalue weighted by molar-refractivity contribution is 5.96. The monoisotopic (exact) mass is 367 g/mol. The lowest BCUT2D eigenvalue weighted by atomic mass is 10.1. The molecule has 27 heavy (non-hydrogen) atoms. The van der Waals surface area contributed by atoms with Gasteiger partial charge in [0.1, 0.15) is 12.2 Å². The Labute approximate surface area is 156 Å². The first-order chi connectivity index (χ1) is 12.9. The average molecular weight is 367 g/mol. The summed E-state index contributed by atoms with van der Waals surface area (Å²) in [5, 5.41) is 8.33. The molecule has 0 aromatic carbocycles. The molecule has 8 nitrogen and oxygen atoms in total. The molecular weight excluding hydrogens is 346 g/mol. The molecule has 0 radical (unpaired) electrons. The van der Waals surface area contributed by atoms with Crippen LogP contribution < -0.4 is 0 Å². The van der Waals surface area contributed by atoms with Crippen LogP contribution in [0, 0.1) is 13.8 Å². The number of hydrogen-bond acceptors (Lipinski definition) is 6. The van der Waals surface area contributed by atoms with E-state index in [9.17, 15) is 9.59 Å². The Hall–Kier alpha value is -3.29. The van der Waals surface area contributed by atoms with Gasteiger partial charge in [-0.15, -0.1) is 0 Å². The normalized spacial score (nSPS) is 10.8. The Morgan fingerprint density at radius 1 is 1.30 bits per heavy atom. The molecule has 0 spiro atoms. The fraction of sp³-hybridized carbons (Fsp3) is 0.316. The SMILES string of the molecule is CC(=O)c1c(C)nn(CC(=O)N(C)Cc2cc(-c3cccnc3)no2)c1C. The van der Waals surface area contributed by atoms with Gasteiger partial charge in [-0.2, -0.15) is 5.10 Å². The van der Waals surface area contributed by atoms with Crippen molar-refractivity contribution in [2.75, 3.05) is 7.05 Å². The molecule has 0 fully saturated rings. The summed E-state index contributed by atoms with van der Waals surface area (Å²) in [4.78, 5) is 29.8. The number of pyridine rings is 1. The summed E-state index contributed by atoms with van der Waals surface area (Å²) < 4.78 is 6.89. The van der Waals surface area contributed by atoms with E-state index >= 15 is 0 Å². The highest BCUT2D eigenvalue weighted by atomic mass is 16.5. The van der Waals surface area contributed by atoms with Crippen molar-refractivity contribution in [2.45, 2.75) is 33.9 Å². The number of carbonyl (C=O) groups excluding carboxylic acids is 2. The van der Waals surface area contributed by atoms with Crippen molar-refractivity contribution in [2.24, 2.45) is 0 Å². The van der Waals surface area contributed by atoms with Crippen LogP contribution in [0.25, 0.3) is 11.3 Å². The average Bonchev–Trinajstić information content (AvgIpc) is 3.20. The van der Waals surface area contributed by atoms with Crippen molar-refractivity contribution in [3.63, 3.8) is 0 Å². The van der Waals surface area contributed by atoms with Gasteiger partial charge in [-0.05, 0) is 32.9 Å². The number of likely N-dealkylation sites (N-methyl/N-ethyl adjacent to an activating group) is 1. The Bertz CT molecular complexity index is 975. The van der Waals surface area contributed by atoms with E-state index in [-0.39, 0.29) is 24.8 Å². The third kappa shape index (κ3) is 3.94. The van der Waals surface area contributed by atoms with Gasteiger partial charge in [0.25, 0.3) is 0 Å². The smallest absolute Gasteiger partial charge is 0.244 e. The first-order valence-electron chi connectivity index (χ1n) is 8.51. The van der Waals surface area contributed by atoms with E-state index in [0.717, 1.165) is 5.56 Å². The number of Topliss-reactive ketones (excluding diaryl/α,β-unsaturated/α-hetero) is 1. The molecule has 0 saturated carbocycles. The first kappa shape index (κ1) is 18.5. The van der Waals surface area contributed by atoms with Gasteiger partial charge in [0.2, 0.25) is 5.91 Å². The molecule has 3 aromatic rings. The van der Waals surface area contributed by atoms with Crippen molar-refractivity contribution >= 4 is 11.7 Å². The van der Waals surface area contributed by atoms with E-state index in [1.165, 1.54) is 11.8 Å². The van der Waals surface area contributed by atoms with Gasteiger partial charge in [0.05, 0.1) is 17.8 Å². The summed E-state index contributed by atoms with van der Waals surface area (Å²) in [5.74, 6) is 0.374. The van der Waals surface area contributed by atoms with Crippen LogP contribution in [0.15, 0.2) is 35.1 Å². The predicted octanol–water partition coefficient (Wildman–Crippen LogP) is 2.41. The van der Waals surface area contributed by atoms with Gasteiger partial charge < -0.3 is 9.42 Å². The van der Waals surface area contributed by atoms with Crippen molar-refractivity contribution < 1.29 is 14.1 Å². The lowest BCUT2D eigenvalue weighted by molar-refractivity contribution is -0.131. The number of nitrogens with zero attached hydrogens (tertiary/aromatic N) is 5. The number of carbonyl (C=O) groups is 2. The Morgan fingerprint density at radius 2 is 2.07 bits per heavy atom. The Morgan fingerprint density at radius 3 is 2.70 bits per heavy atom. The van der Waals surface area contributed by atoms with Crippen LogP contribution in [0.2, 0.25) is 0 Å². The quantitative estimate of drug-likeness (QED) is 0.621. The minimum absolute atomic E-state index is 0.0540. The van der Waals surface area contributed by atoms with Crippen LogP contribution in [0.3, 0.4) is 0 Å². The van der Waals surface area contributed by atoms with Crippen LogP contribution in [0.4, 0.5) is 0 Å². The molecule has 0 atom stereocenters. The van der Waals surface area contributed by atoms with Crippen molar-refractivity contribution in [1.82, 2.24) is 24.8 Å². The highest BCUT2D eigenvalue weighted by Crippen LogP contribution is 2.19. The molecule has 0 bridgehead atoms. The van der Waals surface area contributed by atoms with E-state index in [0.29, 0.717) is 28.4 Å². The zero-order valence-corrected chi connectivity index (χ0v) is 15.8. The fourth-order valence-corrected chi connectivity index (χ4v) is 2.97. The minimum Gasteiger partial charge on any atom is -0.359 e. The van der Waals surface area contributed by atoms with E-state index in [4.69, 9.17) is 4.52 Å². The van der Waals surface area contributed by atoms with Crippen LogP contribution in [-0.4, -0.2) is 43.6 Å². The van der Waals surface area contributed by atoms with Crippen LogP contribution in [-0.2, 0) is 17.9 Å². The Balaban J connectivity index is 1.68. The fourth-order valence-electron chi connectivity index (χ4n) is 2.97. The van der Waals surface area contributed by atoms with E-state index in [1.807, 2.05) is 12.1 Å². The molecular formula is C19H21N5O3. The summed E-state index contributed by atoms with van der Waals surface area (Å²) >= 11 is 0. The largest absolute Gasteiger partial charge is 0.359 e. The maximum Gasteiger partial charge on any atom is 0.244 e. The molecule has 3 aromatic heterocycles. The van der Waals surface area contributed by atoms with Crippen molar-refractivity contribution in [3.8, 4) is 11.3 Å². The third-order valence-electron chi connectivity index (χ3n) is 4.35. The van der Waals surface area contributed by atoms with Crippen LogP contribution in [0.1, 0.15) is 34.4 Å². The number of rotatable bonds is 6. The standard InChI is InChI=1S/C19H21N5O3/c1-12-19(14(3)25)13(2)24(21-12)11-18(26)23(4)10-16-8-17(22-27-16)15-6-5-7-20-9-15/h5-9H,10-11H2,1-4H3. The molecule has 0 unspecified atom stereocenters. The third-order valence-corrected chi connectivity index (χ3v) is 4.35. The summed E-state index contributed by atoms with van der Waals surface area (Å²) in [5.41, 5.74) is 3.42. The summed E-state index contributed by atoms with van der Waals surface area (Å²) in [6.45, 7) is 5.40. The lowest BCUT2D eigenvalue weighted by Gasteiger charge is -2.15. The van der Waals surface area contributed by atoms with Gasteiger partial charge in [-0.1, -0.05) is 5.16 Å². The molecule has 0 N–H and O–H groups in total. The van der Waals surface area contributed by atoms with E-state index in [2.05, 4.69) is 15.2 Å². The molecule has 3 heterocycles. The number of aryl methyl sites for hydroxylation is 1. The van der Waals surface area contributed by atoms with Crippen molar-refractivity contribution in [3.05, 3.63) is 53.3 Å². The molecule has 3 rings (SSSR count). The number of amides is 1. The number of hydrogen-bond donors (Lipinski definition) is 0. The topological polar surface area (TPSA) is 94.1 Å². The molecule has 0 saturated heterocycles. The zero-order chi connectivity index (χ0) is 19.6. The molecule has 0 aliphatic heterocycles. The van der Waals surface area contributed by atoms with Gasteiger partial charge >= 0.3 is 0 Å². The van der Waals surface area contributed by atoms with Gasteiger partial charge in [0, 0.05) is 36.8 Å². The second-order valence-corrected chi connectivity index (χ2v) is 6.43. The molecule has 0 aliphatic rings. The molecule has 0 aliphatic carbocycles. The molecule has 8 heteroatoms. The molecule has 140 valence electrons. The summed E-state index contributed by atoms with van der Waals surface area (Å²) in [7, 11) is 1.69. The first-order valence-corrected chi connectivity index (χ1v) is 8.51. The highest BCUT2D eigenvalue weighted by Gasteiger charge is 2.19. The van der Waals surface area contributed by atoms with Crippen LogP contribution in [0.5, 0.6) is 0 Å². The number of ketones is 1. The van der Waals surface area contributed by atoms with Gasteiger partial charge in [-0.25, -0.2) is 0 Å². The van der Waals surface area contributed by atoms with E-state index in [1.54, 1.807) is 44.0 Å². The van der Waals surface area contributed by atoms with Gasteiger partial charge in [0.15, 0.2) is 11.5 Å². The van der Waals surface area contributed by atoms with Crippen LogP contribution >= 0.6 is 0 Å². The van der Waals surface area contributed by atoms with E-state index < -0.39 is 0 Å². The Kier molecular flexibility index (Phi) is 5.16. The lowest BCUT2D eigenvalue weighted by Crippen LogP contribution is -2.30. The summed E-state index contributed by atoms with van der Waals surface area (Å²) in [6.07, 6.45) is 3.39. The maximum absolute atomic E-state index is 12.5. The second-order valence-electron chi connectivity index (χ2n) is 6.43.